The Kier molecular flexibility index (Phi) is 6.95. The number of rotatable bonds is 9. The van der Waals surface area contributed by atoms with Crippen molar-refractivity contribution in [3.8, 4) is 11.1 Å². The van der Waals surface area contributed by atoms with Crippen LogP contribution in [0, 0.1) is 0 Å². The molecule has 164 valence electrons. The summed E-state index contributed by atoms with van der Waals surface area (Å²) in [7, 11) is 0. The molecule has 2 aromatic rings. The van der Waals surface area contributed by atoms with Crippen molar-refractivity contribution in [3.05, 3.63) is 59.7 Å². The Bertz CT molecular complexity index is 928. The van der Waals surface area contributed by atoms with E-state index in [0.717, 1.165) is 22.3 Å². The molecule has 0 radical (unpaired) electrons. The number of aliphatic carboxylic acids is 1. The van der Waals surface area contributed by atoms with Crippen LogP contribution in [-0.4, -0.2) is 41.8 Å². The van der Waals surface area contributed by atoms with Crippen LogP contribution in [0.2, 0.25) is 0 Å². The quantitative estimate of drug-likeness (QED) is 0.570. The fourth-order valence-corrected chi connectivity index (χ4v) is 4.02. The fourth-order valence-electron chi connectivity index (χ4n) is 4.02. The third kappa shape index (κ3) is 5.05. The first kappa shape index (κ1) is 22.3. The van der Waals surface area contributed by atoms with Crippen LogP contribution in [0.15, 0.2) is 48.5 Å². The van der Waals surface area contributed by atoms with Gasteiger partial charge in [0.25, 0.3) is 0 Å². The van der Waals surface area contributed by atoms with Gasteiger partial charge in [-0.25, -0.2) is 9.59 Å². The number of amides is 2. The van der Waals surface area contributed by atoms with Gasteiger partial charge in [0.05, 0.1) is 0 Å². The molecule has 31 heavy (non-hydrogen) atoms. The van der Waals surface area contributed by atoms with Gasteiger partial charge in [-0.1, -0.05) is 61.9 Å². The minimum Gasteiger partial charge on any atom is -0.480 e. The van der Waals surface area contributed by atoms with Gasteiger partial charge < -0.3 is 20.5 Å². The van der Waals surface area contributed by atoms with Crippen molar-refractivity contribution in [2.24, 2.45) is 0 Å². The second kappa shape index (κ2) is 9.64. The Morgan fingerprint density at radius 2 is 1.61 bits per heavy atom. The molecule has 3 N–H and O–H groups in total. The number of carboxylic acid groups (broad SMARTS) is 1. The molecule has 0 spiro atoms. The van der Waals surface area contributed by atoms with Crippen molar-refractivity contribution < 1.29 is 24.2 Å². The van der Waals surface area contributed by atoms with Crippen molar-refractivity contribution in [1.82, 2.24) is 10.6 Å². The lowest BCUT2D eigenvalue weighted by molar-refractivity contribution is -0.147. The van der Waals surface area contributed by atoms with E-state index in [-0.39, 0.29) is 25.5 Å². The van der Waals surface area contributed by atoms with Crippen molar-refractivity contribution >= 4 is 18.0 Å². The molecule has 1 aliphatic rings. The first-order chi connectivity index (χ1) is 14.9. The molecule has 0 saturated carbocycles. The molecule has 2 aromatic carbocycles. The average Bonchev–Trinajstić information content (AvgIpc) is 3.06. The highest BCUT2D eigenvalue weighted by Gasteiger charge is 2.33. The Balaban J connectivity index is 1.49. The third-order valence-corrected chi connectivity index (χ3v) is 5.60. The predicted molar refractivity (Wildman–Crippen MR) is 117 cm³/mol. The van der Waals surface area contributed by atoms with Crippen LogP contribution >= 0.6 is 0 Å². The summed E-state index contributed by atoms with van der Waals surface area (Å²) in [4.78, 5) is 35.6. The van der Waals surface area contributed by atoms with E-state index in [4.69, 9.17) is 4.74 Å². The highest BCUT2D eigenvalue weighted by atomic mass is 16.5. The van der Waals surface area contributed by atoms with Crippen LogP contribution in [0.3, 0.4) is 0 Å². The minimum absolute atomic E-state index is 0.0310. The standard InChI is InChI=1S/C24H28N2O5/c1-3-13-24(2,22(28)29)26-21(27)12-14-25-23(30)31-15-20-18-10-6-4-8-16(18)17-9-5-7-11-19(17)20/h4-11,20H,3,12-15H2,1-2H3,(H,25,30)(H,26,27)(H,28,29). The van der Waals surface area contributed by atoms with E-state index in [1.165, 1.54) is 6.92 Å². The Labute approximate surface area is 181 Å². The van der Waals surface area contributed by atoms with Gasteiger partial charge in [0.2, 0.25) is 5.91 Å². The zero-order chi connectivity index (χ0) is 22.4. The molecule has 7 nitrogen and oxygen atoms in total. The molecule has 0 aromatic heterocycles. The minimum atomic E-state index is -1.31. The molecule has 1 unspecified atom stereocenters. The lowest BCUT2D eigenvalue weighted by Gasteiger charge is -2.25. The summed E-state index contributed by atoms with van der Waals surface area (Å²) in [5.74, 6) is -1.55. The number of carbonyl (C=O) groups excluding carboxylic acids is 2. The number of ether oxygens (including phenoxy) is 1. The maximum absolute atomic E-state index is 12.1. The van der Waals surface area contributed by atoms with Crippen LogP contribution in [0.4, 0.5) is 4.79 Å². The summed E-state index contributed by atoms with van der Waals surface area (Å²) in [6.07, 6.45) is 0.315. The van der Waals surface area contributed by atoms with Crippen molar-refractivity contribution in [2.45, 2.75) is 44.6 Å². The van der Waals surface area contributed by atoms with Gasteiger partial charge in [0.15, 0.2) is 0 Å². The smallest absolute Gasteiger partial charge is 0.407 e. The summed E-state index contributed by atoms with van der Waals surface area (Å²) >= 11 is 0. The number of carboxylic acids is 1. The number of alkyl carbamates (subject to hydrolysis) is 1. The molecule has 0 fully saturated rings. The first-order valence-electron chi connectivity index (χ1n) is 10.5. The van der Waals surface area contributed by atoms with Crippen molar-refractivity contribution in [3.63, 3.8) is 0 Å². The number of nitrogens with one attached hydrogen (secondary N) is 2. The summed E-state index contributed by atoms with van der Waals surface area (Å²) in [5.41, 5.74) is 3.24. The zero-order valence-electron chi connectivity index (χ0n) is 17.8. The van der Waals surface area contributed by atoms with Gasteiger partial charge in [-0.3, -0.25) is 4.79 Å². The third-order valence-electron chi connectivity index (χ3n) is 5.60. The maximum atomic E-state index is 12.1. The highest BCUT2D eigenvalue weighted by molar-refractivity contribution is 5.87. The van der Waals surface area contributed by atoms with Crippen LogP contribution in [-0.2, 0) is 14.3 Å². The van der Waals surface area contributed by atoms with E-state index in [9.17, 15) is 19.5 Å². The fraction of sp³-hybridized carbons (Fsp3) is 0.375. The second-order valence-electron chi connectivity index (χ2n) is 7.94. The molecule has 0 heterocycles. The van der Waals surface area contributed by atoms with Gasteiger partial charge in [-0.15, -0.1) is 0 Å². The van der Waals surface area contributed by atoms with E-state index in [1.807, 2.05) is 43.3 Å². The van der Waals surface area contributed by atoms with Gasteiger partial charge in [-0.2, -0.15) is 0 Å². The lowest BCUT2D eigenvalue weighted by atomic mass is 9.96. The van der Waals surface area contributed by atoms with Gasteiger partial charge >= 0.3 is 12.1 Å². The number of hydrogen-bond donors (Lipinski definition) is 3. The topological polar surface area (TPSA) is 105 Å². The van der Waals surface area contributed by atoms with Gasteiger partial charge in [0.1, 0.15) is 12.1 Å². The molecule has 1 aliphatic carbocycles. The summed E-state index contributed by atoms with van der Waals surface area (Å²) in [6.45, 7) is 3.59. The lowest BCUT2D eigenvalue weighted by Crippen LogP contribution is -2.52. The van der Waals surface area contributed by atoms with Gasteiger partial charge in [-0.05, 0) is 35.6 Å². The van der Waals surface area contributed by atoms with Gasteiger partial charge in [0, 0.05) is 18.9 Å². The number of benzene rings is 2. The normalized spacial score (nSPS) is 14.1. The molecule has 0 saturated heterocycles. The van der Waals surface area contributed by atoms with Crippen molar-refractivity contribution in [1.29, 1.82) is 0 Å². The van der Waals surface area contributed by atoms with Crippen molar-refractivity contribution in [2.75, 3.05) is 13.2 Å². The Morgan fingerprint density at radius 3 is 2.16 bits per heavy atom. The average molecular weight is 424 g/mol. The predicted octanol–water partition coefficient (Wildman–Crippen LogP) is 3.67. The maximum Gasteiger partial charge on any atom is 0.407 e. The summed E-state index contributed by atoms with van der Waals surface area (Å²) in [5, 5.41) is 14.4. The Morgan fingerprint density at radius 1 is 1.03 bits per heavy atom. The monoisotopic (exact) mass is 424 g/mol. The van der Waals surface area contributed by atoms with Crippen LogP contribution in [0.1, 0.15) is 50.2 Å². The summed E-state index contributed by atoms with van der Waals surface area (Å²) < 4.78 is 5.42. The molecular formula is C24H28N2O5. The molecule has 3 rings (SSSR count). The van der Waals surface area contributed by atoms with E-state index < -0.39 is 23.5 Å². The molecule has 2 amide bonds. The SMILES string of the molecule is CCCC(C)(NC(=O)CCNC(=O)OCC1c2ccccc2-c2ccccc21)C(=O)O. The molecule has 0 bridgehead atoms. The zero-order valence-corrected chi connectivity index (χ0v) is 17.8. The van der Waals surface area contributed by atoms with E-state index in [1.54, 1.807) is 0 Å². The molecule has 7 heteroatoms. The molecule has 1 atom stereocenters. The van der Waals surface area contributed by atoms with Crippen LogP contribution < -0.4 is 10.6 Å². The molecule has 0 aliphatic heterocycles. The van der Waals surface area contributed by atoms with Crippen LogP contribution in [0.25, 0.3) is 11.1 Å². The second-order valence-corrected chi connectivity index (χ2v) is 7.94. The number of hydrogen-bond acceptors (Lipinski definition) is 4. The Hall–Kier alpha value is -3.35. The first-order valence-corrected chi connectivity index (χ1v) is 10.5. The summed E-state index contributed by atoms with van der Waals surface area (Å²) in [6, 6.07) is 16.1. The van der Waals surface area contributed by atoms with E-state index >= 15 is 0 Å². The van der Waals surface area contributed by atoms with E-state index in [0.29, 0.717) is 12.8 Å². The largest absolute Gasteiger partial charge is 0.480 e. The molecular weight excluding hydrogens is 396 g/mol. The van der Waals surface area contributed by atoms with Crippen LogP contribution in [0.5, 0.6) is 0 Å². The highest BCUT2D eigenvalue weighted by Crippen LogP contribution is 2.44. The number of carbonyl (C=O) groups is 3. The van der Waals surface area contributed by atoms with E-state index in [2.05, 4.69) is 22.8 Å². The number of fused-ring (bicyclic) bond motifs is 3.